The average Bonchev–Trinajstić information content (AvgIpc) is 2.95. The minimum atomic E-state index is -1.33. The Morgan fingerprint density at radius 2 is 1.98 bits per heavy atom. The normalized spacial score (nSPS) is 24.2. The van der Waals surface area contributed by atoms with Crippen molar-refractivity contribution >= 4 is 6.21 Å². The molecule has 1 aromatic rings. The first-order chi connectivity index (χ1) is 19.4. The third kappa shape index (κ3) is 9.22. The number of nitrogens with zero attached hydrogens (tertiary/aromatic N) is 2. The molecular weight excluding hydrogens is 509 g/mol. The van der Waals surface area contributed by atoms with Gasteiger partial charge in [0.2, 0.25) is 0 Å². The van der Waals surface area contributed by atoms with Gasteiger partial charge in [-0.15, -0.1) is 0 Å². The fraction of sp³-hybridized carbons (Fsp3) is 0.500. The molecule has 4 nitrogen and oxygen atoms in total. The smallest absolute Gasteiger partial charge is 0.111 e. The van der Waals surface area contributed by atoms with Gasteiger partial charge in [-0.05, 0) is 93.2 Å². The Morgan fingerprint density at radius 1 is 1.27 bits per heavy atom. The van der Waals surface area contributed by atoms with E-state index in [-0.39, 0.29) is 11.8 Å². The Bertz CT molecular complexity index is 1210. The van der Waals surface area contributed by atoms with Crippen LogP contribution in [0.25, 0.3) is 0 Å². The van der Waals surface area contributed by atoms with Gasteiger partial charge < -0.3 is 10.4 Å². The Labute approximate surface area is 247 Å². The lowest BCUT2D eigenvalue weighted by Crippen LogP contribution is -2.30. The van der Waals surface area contributed by atoms with E-state index >= 15 is 0 Å². The Balaban J connectivity index is 1.69. The van der Waals surface area contributed by atoms with E-state index in [0.29, 0.717) is 18.3 Å². The molecule has 0 radical (unpaired) electrons. The van der Waals surface area contributed by atoms with E-state index in [1.54, 1.807) is 13.8 Å². The molecule has 1 saturated carbocycles. The summed E-state index contributed by atoms with van der Waals surface area (Å²) in [5, 5.41) is 14.0. The number of aliphatic imine (C=N–C) groups is 1. The van der Waals surface area contributed by atoms with Gasteiger partial charge in [-0.3, -0.25) is 9.98 Å². The fourth-order valence-corrected chi connectivity index (χ4v) is 5.65. The van der Waals surface area contributed by atoms with Crippen LogP contribution in [0, 0.1) is 17.8 Å². The molecule has 41 heavy (non-hydrogen) atoms. The lowest BCUT2D eigenvalue weighted by atomic mass is 9.81. The van der Waals surface area contributed by atoms with E-state index in [1.807, 2.05) is 55.8 Å². The molecule has 0 bridgehead atoms. The molecule has 1 heterocycles. The van der Waals surface area contributed by atoms with Gasteiger partial charge >= 0.3 is 0 Å². The van der Waals surface area contributed by atoms with E-state index in [0.717, 1.165) is 60.3 Å². The van der Waals surface area contributed by atoms with E-state index in [9.17, 15) is 9.50 Å². The summed E-state index contributed by atoms with van der Waals surface area (Å²) in [7, 11) is 0. The standard InChI is InChI=1S/C36H50FN3O/c1-9-33(27(5)26(4)31-15-17-38-18-16-31)28(6)39-22-29-11-10-12-30(20-29)23-40-35(19-25(3)36(7,8)37)34-21-32(41)14-13-24(34)2/h9,13-19,22,25-26,29-30,32,40-41H,1,6,10-12,20-21,23H2,2-5,7-8H3/b33-27+,35-19+,39-22+/t25?,26?,29?,30?,32-/m0/s1. The zero-order valence-corrected chi connectivity index (χ0v) is 26.0. The summed E-state index contributed by atoms with van der Waals surface area (Å²) in [5.74, 6) is 0.823. The van der Waals surface area contributed by atoms with E-state index in [2.05, 4.69) is 50.4 Å². The molecule has 2 aliphatic rings. The fourth-order valence-electron chi connectivity index (χ4n) is 5.65. The molecule has 2 aliphatic carbocycles. The first-order valence-electron chi connectivity index (χ1n) is 15.1. The molecule has 222 valence electrons. The Kier molecular flexibility index (Phi) is 11.7. The number of aromatic nitrogens is 1. The molecule has 5 heteroatoms. The van der Waals surface area contributed by atoms with Gasteiger partial charge in [0.25, 0.3) is 0 Å². The zero-order chi connectivity index (χ0) is 30.2. The van der Waals surface area contributed by atoms with Crippen LogP contribution in [0.5, 0.6) is 0 Å². The monoisotopic (exact) mass is 559 g/mol. The number of hydrogen-bond acceptors (Lipinski definition) is 4. The summed E-state index contributed by atoms with van der Waals surface area (Å²) in [6, 6.07) is 4.09. The third-order valence-electron chi connectivity index (χ3n) is 8.92. The van der Waals surface area contributed by atoms with Crippen LogP contribution in [0.2, 0.25) is 0 Å². The quantitative estimate of drug-likeness (QED) is 0.199. The second-order valence-corrected chi connectivity index (χ2v) is 12.4. The predicted octanol–water partition coefficient (Wildman–Crippen LogP) is 8.57. The third-order valence-corrected chi connectivity index (χ3v) is 8.92. The van der Waals surface area contributed by atoms with Crippen molar-refractivity contribution in [3.8, 4) is 0 Å². The van der Waals surface area contributed by atoms with Crippen molar-refractivity contribution in [2.75, 3.05) is 6.54 Å². The van der Waals surface area contributed by atoms with E-state index in [1.165, 1.54) is 11.1 Å². The zero-order valence-electron chi connectivity index (χ0n) is 26.0. The number of hydrogen-bond donors (Lipinski definition) is 2. The van der Waals surface area contributed by atoms with Crippen molar-refractivity contribution in [1.82, 2.24) is 10.3 Å². The van der Waals surface area contributed by atoms with Crippen LogP contribution in [-0.4, -0.2) is 34.6 Å². The minimum Gasteiger partial charge on any atom is -0.389 e. The van der Waals surface area contributed by atoms with Crippen LogP contribution in [0.15, 0.2) is 101 Å². The SMILES string of the molecule is C=C/C(C(=C)/N=C/C1CCCC(CN/C(=C/C(C)C(C)(C)F)C2=C(C)C=C[C@H](O)C2)C1)=C(/C)C(C)c1ccncc1. The summed E-state index contributed by atoms with van der Waals surface area (Å²) in [4.78, 5) is 8.96. The van der Waals surface area contributed by atoms with Crippen LogP contribution in [0.4, 0.5) is 4.39 Å². The van der Waals surface area contributed by atoms with Crippen molar-refractivity contribution < 1.29 is 9.50 Å². The van der Waals surface area contributed by atoms with Gasteiger partial charge in [-0.25, -0.2) is 4.39 Å². The molecule has 3 rings (SSSR count). The van der Waals surface area contributed by atoms with Crippen molar-refractivity contribution in [2.45, 2.75) is 91.3 Å². The maximum Gasteiger partial charge on any atom is 0.111 e. The largest absolute Gasteiger partial charge is 0.389 e. The van der Waals surface area contributed by atoms with Gasteiger partial charge in [0.05, 0.1) is 11.8 Å². The van der Waals surface area contributed by atoms with E-state index < -0.39 is 11.8 Å². The first-order valence-corrected chi connectivity index (χ1v) is 15.1. The van der Waals surface area contributed by atoms with Crippen LogP contribution < -0.4 is 5.32 Å². The molecular formula is C36H50FN3O. The minimum absolute atomic E-state index is 0.218. The van der Waals surface area contributed by atoms with Gasteiger partial charge in [0.1, 0.15) is 5.67 Å². The van der Waals surface area contributed by atoms with Crippen LogP contribution in [0.3, 0.4) is 0 Å². The molecule has 5 atom stereocenters. The molecule has 1 aromatic heterocycles. The highest BCUT2D eigenvalue weighted by atomic mass is 19.1. The number of alkyl halides is 1. The molecule has 0 saturated heterocycles. The van der Waals surface area contributed by atoms with Crippen molar-refractivity contribution in [2.24, 2.45) is 22.7 Å². The van der Waals surface area contributed by atoms with E-state index in [4.69, 9.17) is 4.99 Å². The summed E-state index contributed by atoms with van der Waals surface area (Å²) in [5.41, 5.74) is 5.95. The number of aliphatic hydroxyl groups excluding tert-OH is 1. The van der Waals surface area contributed by atoms with Gasteiger partial charge in [-0.1, -0.05) is 63.3 Å². The molecule has 4 unspecified atom stereocenters. The highest BCUT2D eigenvalue weighted by Crippen LogP contribution is 2.33. The average molecular weight is 560 g/mol. The summed E-state index contributed by atoms with van der Waals surface area (Å²) >= 11 is 0. The van der Waals surface area contributed by atoms with Gasteiger partial charge in [0, 0.05) is 49.1 Å². The van der Waals surface area contributed by atoms with Crippen molar-refractivity contribution in [1.29, 1.82) is 0 Å². The Hall–Kier alpha value is -3.05. The molecule has 0 aromatic carbocycles. The molecule has 0 amide bonds. The van der Waals surface area contributed by atoms with Crippen molar-refractivity contribution in [3.05, 3.63) is 101 Å². The summed E-state index contributed by atoms with van der Waals surface area (Å²) in [6.45, 7) is 20.7. The highest BCUT2D eigenvalue weighted by Gasteiger charge is 2.26. The maximum absolute atomic E-state index is 14.8. The van der Waals surface area contributed by atoms with Crippen LogP contribution >= 0.6 is 0 Å². The lowest BCUT2D eigenvalue weighted by Gasteiger charge is -2.30. The van der Waals surface area contributed by atoms with Gasteiger partial charge in [0.15, 0.2) is 0 Å². The molecule has 1 fully saturated rings. The second kappa shape index (κ2) is 14.7. The molecule has 0 spiro atoms. The van der Waals surface area contributed by atoms with Crippen molar-refractivity contribution in [3.63, 3.8) is 0 Å². The highest BCUT2D eigenvalue weighted by molar-refractivity contribution is 5.64. The maximum atomic E-state index is 14.8. The Morgan fingerprint density at radius 3 is 2.63 bits per heavy atom. The number of allylic oxidation sites excluding steroid dienone is 6. The first kappa shape index (κ1) is 32.5. The number of rotatable bonds is 12. The summed E-state index contributed by atoms with van der Waals surface area (Å²) < 4.78 is 14.8. The van der Waals surface area contributed by atoms with Crippen LogP contribution in [0.1, 0.15) is 85.1 Å². The molecule has 0 aliphatic heterocycles. The number of nitrogens with one attached hydrogen (secondary N) is 1. The second-order valence-electron chi connectivity index (χ2n) is 12.4. The number of pyridine rings is 1. The van der Waals surface area contributed by atoms with Crippen LogP contribution in [-0.2, 0) is 0 Å². The number of aliphatic hydroxyl groups is 1. The summed E-state index contributed by atoms with van der Waals surface area (Å²) in [6.07, 6.45) is 17.9. The van der Waals surface area contributed by atoms with Gasteiger partial charge in [-0.2, -0.15) is 0 Å². The lowest BCUT2D eigenvalue weighted by molar-refractivity contribution is 0.164. The number of halogens is 1. The molecule has 2 N–H and O–H groups in total. The predicted molar refractivity (Wildman–Crippen MR) is 172 cm³/mol. The topological polar surface area (TPSA) is 57.5 Å².